The SMILES string of the molecule is CCN(CC)S(=O)(=O)c1c[nH]c(C(=O)NOCC(=O)O)c1. The van der Waals surface area contributed by atoms with E-state index in [2.05, 4.69) is 9.82 Å². The van der Waals surface area contributed by atoms with Gasteiger partial charge in [-0.1, -0.05) is 13.8 Å². The molecule has 0 aliphatic heterocycles. The number of nitrogens with zero attached hydrogens (tertiary/aromatic N) is 1. The van der Waals surface area contributed by atoms with Crippen molar-refractivity contribution >= 4 is 21.9 Å². The molecule has 9 nitrogen and oxygen atoms in total. The molecule has 0 aliphatic carbocycles. The number of carbonyl (C=O) groups is 2. The predicted molar refractivity (Wildman–Crippen MR) is 72.0 cm³/mol. The van der Waals surface area contributed by atoms with Crippen molar-refractivity contribution in [2.24, 2.45) is 0 Å². The minimum absolute atomic E-state index is 0.0467. The van der Waals surface area contributed by atoms with Crippen molar-refractivity contribution in [3.8, 4) is 0 Å². The minimum atomic E-state index is -3.66. The molecule has 0 spiro atoms. The number of H-pyrrole nitrogens is 1. The molecule has 1 amide bonds. The molecule has 0 atom stereocenters. The molecule has 0 unspecified atom stereocenters. The van der Waals surface area contributed by atoms with Crippen LogP contribution in [0, 0.1) is 0 Å². The van der Waals surface area contributed by atoms with E-state index in [0.29, 0.717) is 13.1 Å². The number of rotatable bonds is 8. The first-order valence-corrected chi connectivity index (χ1v) is 7.59. The number of sulfonamides is 1. The number of amides is 1. The molecular weight excluding hydrogens is 302 g/mol. The third-order valence-electron chi connectivity index (χ3n) is 2.60. The summed E-state index contributed by atoms with van der Waals surface area (Å²) >= 11 is 0. The Bertz CT molecular complexity index is 605. The zero-order chi connectivity index (χ0) is 16.0. The first kappa shape index (κ1) is 17.1. The fourth-order valence-electron chi connectivity index (χ4n) is 1.59. The summed E-state index contributed by atoms with van der Waals surface area (Å²) in [4.78, 5) is 28.7. The highest BCUT2D eigenvalue weighted by molar-refractivity contribution is 7.89. The monoisotopic (exact) mass is 319 g/mol. The van der Waals surface area contributed by atoms with Crippen LogP contribution in [0.4, 0.5) is 0 Å². The molecule has 0 saturated carbocycles. The fourth-order valence-corrected chi connectivity index (χ4v) is 3.04. The van der Waals surface area contributed by atoms with E-state index in [9.17, 15) is 18.0 Å². The summed E-state index contributed by atoms with van der Waals surface area (Å²) in [5.41, 5.74) is 1.84. The van der Waals surface area contributed by atoms with Crippen LogP contribution in [0.1, 0.15) is 24.3 Å². The Balaban J connectivity index is 2.81. The van der Waals surface area contributed by atoms with Crippen LogP contribution in [0.25, 0.3) is 0 Å². The van der Waals surface area contributed by atoms with Crippen molar-refractivity contribution in [2.75, 3.05) is 19.7 Å². The molecule has 0 bridgehead atoms. The van der Waals surface area contributed by atoms with Crippen molar-refractivity contribution in [1.82, 2.24) is 14.8 Å². The van der Waals surface area contributed by atoms with Crippen LogP contribution in [0.15, 0.2) is 17.2 Å². The van der Waals surface area contributed by atoms with Gasteiger partial charge in [0.1, 0.15) is 10.6 Å². The highest BCUT2D eigenvalue weighted by Gasteiger charge is 2.24. The lowest BCUT2D eigenvalue weighted by molar-refractivity contribution is -0.144. The molecule has 21 heavy (non-hydrogen) atoms. The lowest BCUT2D eigenvalue weighted by Gasteiger charge is -2.16. The van der Waals surface area contributed by atoms with Crippen molar-refractivity contribution in [3.05, 3.63) is 18.0 Å². The first-order valence-electron chi connectivity index (χ1n) is 6.15. The quantitative estimate of drug-likeness (QED) is 0.569. The molecule has 10 heteroatoms. The number of nitrogens with one attached hydrogen (secondary N) is 2. The number of hydroxylamine groups is 1. The van der Waals surface area contributed by atoms with E-state index < -0.39 is 28.5 Å². The van der Waals surface area contributed by atoms with E-state index in [1.165, 1.54) is 10.5 Å². The Morgan fingerprint density at radius 1 is 1.38 bits per heavy atom. The zero-order valence-corrected chi connectivity index (χ0v) is 12.4. The van der Waals surface area contributed by atoms with Crippen LogP contribution in [0.5, 0.6) is 0 Å². The lowest BCUT2D eigenvalue weighted by Crippen LogP contribution is -2.30. The van der Waals surface area contributed by atoms with Gasteiger partial charge in [0.15, 0.2) is 6.61 Å². The van der Waals surface area contributed by atoms with E-state index in [-0.39, 0.29) is 10.6 Å². The standard InChI is InChI=1S/C11H17N3O6S/c1-3-14(4-2)21(18,19)8-5-9(12-6-8)11(17)13-20-7-10(15)16/h5-6,12H,3-4,7H2,1-2H3,(H,13,17)(H,15,16). The van der Waals surface area contributed by atoms with Gasteiger partial charge in [0, 0.05) is 19.3 Å². The van der Waals surface area contributed by atoms with Gasteiger partial charge < -0.3 is 10.1 Å². The van der Waals surface area contributed by atoms with Gasteiger partial charge >= 0.3 is 5.97 Å². The van der Waals surface area contributed by atoms with Gasteiger partial charge in [0.05, 0.1) is 0 Å². The number of carboxylic acids is 1. The van der Waals surface area contributed by atoms with Crippen molar-refractivity contribution < 1.29 is 28.0 Å². The average Bonchev–Trinajstić information content (AvgIpc) is 2.89. The normalized spacial score (nSPS) is 11.6. The number of carboxylic acid groups (broad SMARTS) is 1. The molecule has 1 heterocycles. The van der Waals surface area contributed by atoms with Crippen LogP contribution >= 0.6 is 0 Å². The van der Waals surface area contributed by atoms with Gasteiger partial charge in [-0.2, -0.15) is 4.31 Å². The third kappa shape index (κ3) is 4.28. The van der Waals surface area contributed by atoms with Crippen LogP contribution < -0.4 is 5.48 Å². The maximum Gasteiger partial charge on any atom is 0.332 e. The van der Waals surface area contributed by atoms with E-state index in [1.54, 1.807) is 13.8 Å². The van der Waals surface area contributed by atoms with Crippen LogP contribution in [-0.2, 0) is 19.7 Å². The molecule has 1 aromatic heterocycles. The van der Waals surface area contributed by atoms with E-state index in [1.807, 2.05) is 5.48 Å². The van der Waals surface area contributed by atoms with Crippen LogP contribution in [0.3, 0.4) is 0 Å². The first-order chi connectivity index (χ1) is 9.82. The molecule has 118 valence electrons. The average molecular weight is 319 g/mol. The second-order valence-corrected chi connectivity index (χ2v) is 5.89. The van der Waals surface area contributed by atoms with Gasteiger partial charge in [-0.3, -0.25) is 9.63 Å². The molecule has 0 fully saturated rings. The van der Waals surface area contributed by atoms with Gasteiger partial charge in [0.2, 0.25) is 10.0 Å². The molecular formula is C11H17N3O6S. The second-order valence-electron chi connectivity index (χ2n) is 3.95. The second kappa shape index (κ2) is 7.20. The zero-order valence-electron chi connectivity index (χ0n) is 11.6. The summed E-state index contributed by atoms with van der Waals surface area (Å²) in [7, 11) is -3.66. The van der Waals surface area contributed by atoms with Gasteiger partial charge in [0.25, 0.3) is 5.91 Å². The highest BCUT2D eigenvalue weighted by atomic mass is 32.2. The molecule has 1 rings (SSSR count). The predicted octanol–water partition coefficient (Wildman–Crippen LogP) is -0.209. The molecule has 0 radical (unpaired) electrons. The van der Waals surface area contributed by atoms with Crippen molar-refractivity contribution in [3.63, 3.8) is 0 Å². The Labute approximate surface area is 121 Å². The maximum atomic E-state index is 12.2. The minimum Gasteiger partial charge on any atom is -0.479 e. The third-order valence-corrected chi connectivity index (χ3v) is 4.63. The molecule has 0 saturated heterocycles. The Kier molecular flexibility index (Phi) is 5.88. The number of hydrogen-bond acceptors (Lipinski definition) is 5. The molecule has 3 N–H and O–H groups in total. The van der Waals surface area contributed by atoms with Crippen LogP contribution in [-0.4, -0.2) is 54.4 Å². The summed E-state index contributed by atoms with van der Waals surface area (Å²) in [5.74, 6) is -2.01. The summed E-state index contributed by atoms with van der Waals surface area (Å²) in [6, 6.07) is 1.16. The van der Waals surface area contributed by atoms with Gasteiger partial charge in [-0.15, -0.1) is 0 Å². The largest absolute Gasteiger partial charge is 0.479 e. The number of aliphatic carboxylic acids is 1. The van der Waals surface area contributed by atoms with Crippen LogP contribution in [0.2, 0.25) is 0 Å². The van der Waals surface area contributed by atoms with E-state index >= 15 is 0 Å². The summed E-state index contributed by atoms with van der Waals surface area (Å²) < 4.78 is 25.6. The molecule has 1 aromatic rings. The topological polar surface area (TPSA) is 129 Å². The summed E-state index contributed by atoms with van der Waals surface area (Å²) in [6.07, 6.45) is 1.19. The van der Waals surface area contributed by atoms with Crippen molar-refractivity contribution in [1.29, 1.82) is 0 Å². The van der Waals surface area contributed by atoms with E-state index in [0.717, 1.165) is 6.07 Å². The number of aromatic nitrogens is 1. The number of carbonyl (C=O) groups excluding carboxylic acids is 1. The Morgan fingerprint density at radius 2 is 2.00 bits per heavy atom. The highest BCUT2D eigenvalue weighted by Crippen LogP contribution is 2.16. The number of aromatic amines is 1. The Hall–Kier alpha value is -1.91. The van der Waals surface area contributed by atoms with Gasteiger partial charge in [-0.25, -0.2) is 18.7 Å². The maximum absolute atomic E-state index is 12.2. The fraction of sp³-hybridized carbons (Fsp3) is 0.455. The van der Waals surface area contributed by atoms with Gasteiger partial charge in [-0.05, 0) is 6.07 Å². The lowest BCUT2D eigenvalue weighted by atomic mass is 10.4. The summed E-state index contributed by atoms with van der Waals surface area (Å²) in [6.45, 7) is 3.35. The Morgan fingerprint density at radius 3 is 2.52 bits per heavy atom. The van der Waals surface area contributed by atoms with E-state index in [4.69, 9.17) is 5.11 Å². The van der Waals surface area contributed by atoms with Crippen molar-refractivity contribution in [2.45, 2.75) is 18.7 Å². The molecule has 0 aromatic carbocycles. The summed E-state index contributed by atoms with van der Waals surface area (Å²) in [5, 5.41) is 8.35. The smallest absolute Gasteiger partial charge is 0.332 e. The molecule has 0 aliphatic rings. The number of hydrogen-bond donors (Lipinski definition) is 3.